The Bertz CT molecular complexity index is 600. The van der Waals surface area contributed by atoms with Gasteiger partial charge < -0.3 is 10.1 Å². The van der Waals surface area contributed by atoms with Gasteiger partial charge in [0.1, 0.15) is 5.75 Å². The molecule has 0 fully saturated rings. The summed E-state index contributed by atoms with van der Waals surface area (Å²) in [6, 6.07) is 14.7. The second-order valence-electron chi connectivity index (χ2n) is 4.50. The lowest BCUT2D eigenvalue weighted by Crippen LogP contribution is -2.20. The maximum Gasteiger partial charge on any atom is 0.124 e. The van der Waals surface area contributed by atoms with Gasteiger partial charge in [0.15, 0.2) is 0 Å². The molecule has 1 aliphatic rings. The van der Waals surface area contributed by atoms with E-state index >= 15 is 0 Å². The van der Waals surface area contributed by atoms with Crippen LogP contribution in [0, 0.1) is 0 Å². The molecule has 0 aliphatic carbocycles. The first-order chi connectivity index (χ1) is 9.24. The third-order valence-corrected chi connectivity index (χ3v) is 4.37. The van der Waals surface area contributed by atoms with Crippen LogP contribution in [0.4, 0.5) is 5.69 Å². The first-order valence-electron chi connectivity index (χ1n) is 6.17. The van der Waals surface area contributed by atoms with Crippen LogP contribution in [0.25, 0.3) is 0 Å². The Hall–Kier alpha value is -1.00. The van der Waals surface area contributed by atoms with Crippen LogP contribution in [-0.2, 0) is 0 Å². The summed E-state index contributed by atoms with van der Waals surface area (Å²) in [5.41, 5.74) is 2.33. The lowest BCUT2D eigenvalue weighted by atomic mass is 10.0. The molecule has 2 aromatic rings. The molecule has 0 spiro atoms. The second-order valence-corrected chi connectivity index (χ2v) is 6.27. The molecule has 4 heteroatoms. The first-order valence-corrected chi connectivity index (χ1v) is 7.76. The average molecular weight is 383 g/mol. The van der Waals surface area contributed by atoms with Crippen LogP contribution in [0.2, 0.25) is 0 Å². The first kappa shape index (κ1) is 13.0. The van der Waals surface area contributed by atoms with E-state index in [2.05, 4.69) is 55.4 Å². The predicted molar refractivity (Wildman–Crippen MR) is 84.8 cm³/mol. The molecule has 0 radical (unpaired) electrons. The van der Waals surface area contributed by atoms with Crippen LogP contribution in [0.5, 0.6) is 5.75 Å². The maximum atomic E-state index is 5.68. The second kappa shape index (κ2) is 5.55. The largest absolute Gasteiger partial charge is 0.493 e. The van der Waals surface area contributed by atoms with Gasteiger partial charge in [0.05, 0.1) is 12.6 Å². The van der Waals surface area contributed by atoms with Gasteiger partial charge >= 0.3 is 0 Å². The Morgan fingerprint density at radius 3 is 2.79 bits per heavy atom. The van der Waals surface area contributed by atoms with E-state index in [9.17, 15) is 0 Å². The molecular weight excluding hydrogens is 370 g/mol. The highest BCUT2D eigenvalue weighted by Gasteiger charge is 2.21. The number of para-hydroxylation sites is 1. The fourth-order valence-corrected chi connectivity index (χ4v) is 3.45. The molecule has 3 rings (SSSR count). The third kappa shape index (κ3) is 2.79. The Labute approximate surface area is 129 Å². The molecule has 19 heavy (non-hydrogen) atoms. The lowest BCUT2D eigenvalue weighted by molar-refractivity contribution is 0.274. The summed E-state index contributed by atoms with van der Waals surface area (Å²) in [6.07, 6.45) is 0.972. The highest BCUT2D eigenvalue weighted by atomic mass is 79.9. The van der Waals surface area contributed by atoms with Gasteiger partial charge in [-0.25, -0.2) is 0 Å². The van der Waals surface area contributed by atoms with Crippen molar-refractivity contribution >= 4 is 37.5 Å². The van der Waals surface area contributed by atoms with Crippen molar-refractivity contribution in [3.8, 4) is 5.75 Å². The number of hydrogen-bond acceptors (Lipinski definition) is 2. The van der Waals surface area contributed by atoms with E-state index in [0.717, 1.165) is 33.4 Å². The molecule has 0 amide bonds. The Balaban J connectivity index is 1.88. The molecule has 2 nitrogen and oxygen atoms in total. The standard InChI is InChI=1S/C15H13Br2NO/c16-10-5-6-14(12(17)9-10)18-13-7-8-19-15-4-2-1-3-11(13)15/h1-6,9,13,18H,7-8H2. The number of rotatable bonds is 2. The van der Waals surface area contributed by atoms with Crippen molar-refractivity contribution in [2.75, 3.05) is 11.9 Å². The van der Waals surface area contributed by atoms with Crippen LogP contribution in [0.15, 0.2) is 51.4 Å². The molecule has 0 saturated heterocycles. The van der Waals surface area contributed by atoms with Crippen LogP contribution in [0.1, 0.15) is 18.0 Å². The van der Waals surface area contributed by atoms with E-state index in [1.807, 2.05) is 24.3 Å². The number of fused-ring (bicyclic) bond motifs is 1. The van der Waals surface area contributed by atoms with Crippen molar-refractivity contribution in [3.63, 3.8) is 0 Å². The van der Waals surface area contributed by atoms with E-state index in [0.29, 0.717) is 6.04 Å². The third-order valence-electron chi connectivity index (χ3n) is 3.22. The van der Waals surface area contributed by atoms with E-state index in [4.69, 9.17) is 4.74 Å². The summed E-state index contributed by atoms with van der Waals surface area (Å²) in [6.45, 7) is 0.753. The molecule has 1 aliphatic heterocycles. The zero-order valence-corrected chi connectivity index (χ0v) is 13.4. The van der Waals surface area contributed by atoms with Gasteiger partial charge in [-0.05, 0) is 40.2 Å². The van der Waals surface area contributed by atoms with Crippen molar-refractivity contribution in [1.82, 2.24) is 0 Å². The van der Waals surface area contributed by atoms with E-state index < -0.39 is 0 Å². The number of benzene rings is 2. The smallest absolute Gasteiger partial charge is 0.124 e. The zero-order chi connectivity index (χ0) is 13.2. The van der Waals surface area contributed by atoms with Crippen LogP contribution >= 0.6 is 31.9 Å². The van der Waals surface area contributed by atoms with Gasteiger partial charge in [0.2, 0.25) is 0 Å². The minimum Gasteiger partial charge on any atom is -0.493 e. The van der Waals surface area contributed by atoms with Gasteiger partial charge in [-0.3, -0.25) is 0 Å². The van der Waals surface area contributed by atoms with E-state index in [-0.39, 0.29) is 0 Å². The number of halogens is 2. The van der Waals surface area contributed by atoms with Gasteiger partial charge in [0.25, 0.3) is 0 Å². The summed E-state index contributed by atoms with van der Waals surface area (Å²) in [7, 11) is 0. The summed E-state index contributed by atoms with van der Waals surface area (Å²) in [4.78, 5) is 0. The minimum absolute atomic E-state index is 0.294. The molecule has 2 aromatic carbocycles. The predicted octanol–water partition coefficient (Wildman–Crippen LogP) is 5.15. The zero-order valence-electron chi connectivity index (χ0n) is 10.2. The fourth-order valence-electron chi connectivity index (χ4n) is 2.29. The molecule has 98 valence electrons. The molecule has 0 aromatic heterocycles. The molecule has 1 unspecified atom stereocenters. The number of anilines is 1. The number of ether oxygens (including phenoxy) is 1. The maximum absolute atomic E-state index is 5.68. The average Bonchev–Trinajstić information content (AvgIpc) is 2.42. The van der Waals surface area contributed by atoms with Gasteiger partial charge in [-0.1, -0.05) is 34.1 Å². The number of hydrogen-bond donors (Lipinski definition) is 1. The Kier molecular flexibility index (Phi) is 3.80. The highest BCUT2D eigenvalue weighted by Crippen LogP contribution is 2.36. The Morgan fingerprint density at radius 2 is 1.95 bits per heavy atom. The van der Waals surface area contributed by atoms with Gasteiger partial charge in [-0.15, -0.1) is 0 Å². The number of nitrogens with one attached hydrogen (secondary N) is 1. The van der Waals surface area contributed by atoms with Crippen LogP contribution in [-0.4, -0.2) is 6.61 Å². The quantitative estimate of drug-likeness (QED) is 0.775. The lowest BCUT2D eigenvalue weighted by Gasteiger charge is -2.27. The van der Waals surface area contributed by atoms with Crippen molar-refractivity contribution in [2.24, 2.45) is 0 Å². The van der Waals surface area contributed by atoms with Crippen molar-refractivity contribution in [2.45, 2.75) is 12.5 Å². The van der Waals surface area contributed by atoms with Gasteiger partial charge in [0, 0.05) is 26.6 Å². The van der Waals surface area contributed by atoms with Crippen LogP contribution in [0.3, 0.4) is 0 Å². The normalized spacial score (nSPS) is 17.5. The molecule has 1 N–H and O–H groups in total. The van der Waals surface area contributed by atoms with Gasteiger partial charge in [-0.2, -0.15) is 0 Å². The highest BCUT2D eigenvalue weighted by molar-refractivity contribution is 9.11. The summed E-state index contributed by atoms with van der Waals surface area (Å²) < 4.78 is 7.81. The fraction of sp³-hybridized carbons (Fsp3) is 0.200. The molecular formula is C15H13Br2NO. The van der Waals surface area contributed by atoms with Crippen molar-refractivity contribution in [1.29, 1.82) is 0 Å². The monoisotopic (exact) mass is 381 g/mol. The van der Waals surface area contributed by atoms with Crippen molar-refractivity contribution < 1.29 is 4.74 Å². The molecule has 0 bridgehead atoms. The Morgan fingerprint density at radius 1 is 1.11 bits per heavy atom. The summed E-state index contributed by atoms with van der Waals surface area (Å²) in [5, 5.41) is 3.58. The molecule has 1 heterocycles. The van der Waals surface area contributed by atoms with Crippen LogP contribution < -0.4 is 10.1 Å². The van der Waals surface area contributed by atoms with Crippen molar-refractivity contribution in [3.05, 3.63) is 57.0 Å². The topological polar surface area (TPSA) is 21.3 Å². The molecule has 0 saturated carbocycles. The summed E-state index contributed by atoms with van der Waals surface area (Å²) >= 11 is 7.06. The van der Waals surface area contributed by atoms with E-state index in [1.165, 1.54) is 5.56 Å². The SMILES string of the molecule is Brc1ccc(NC2CCOc3ccccc32)c(Br)c1. The minimum atomic E-state index is 0.294. The molecule has 1 atom stereocenters. The summed E-state index contributed by atoms with van der Waals surface area (Å²) in [5.74, 6) is 0.986. The van der Waals surface area contributed by atoms with E-state index in [1.54, 1.807) is 0 Å².